The van der Waals surface area contributed by atoms with Gasteiger partial charge in [0, 0.05) is 10.9 Å². The SMILES string of the molecule is COc1ccc(C)cc1-c1n[nH]c2cccc(C(=O)O)c12. The van der Waals surface area contributed by atoms with Crippen LogP contribution in [0.5, 0.6) is 5.75 Å². The van der Waals surface area contributed by atoms with Crippen LogP contribution in [-0.2, 0) is 0 Å². The number of hydrogen-bond acceptors (Lipinski definition) is 3. The van der Waals surface area contributed by atoms with E-state index in [0.29, 0.717) is 22.3 Å². The summed E-state index contributed by atoms with van der Waals surface area (Å²) in [6.07, 6.45) is 0. The van der Waals surface area contributed by atoms with E-state index in [1.807, 2.05) is 25.1 Å². The van der Waals surface area contributed by atoms with E-state index in [1.54, 1.807) is 25.3 Å². The lowest BCUT2D eigenvalue weighted by molar-refractivity contribution is 0.0699. The lowest BCUT2D eigenvalue weighted by Gasteiger charge is -2.08. The van der Waals surface area contributed by atoms with Crippen molar-refractivity contribution in [3.63, 3.8) is 0 Å². The summed E-state index contributed by atoms with van der Waals surface area (Å²) in [5.74, 6) is -0.316. The van der Waals surface area contributed by atoms with E-state index in [9.17, 15) is 9.90 Å². The molecule has 0 fully saturated rings. The molecule has 1 heterocycles. The van der Waals surface area contributed by atoms with E-state index in [0.717, 1.165) is 11.1 Å². The van der Waals surface area contributed by atoms with E-state index < -0.39 is 5.97 Å². The number of aryl methyl sites for hydroxylation is 1. The summed E-state index contributed by atoms with van der Waals surface area (Å²) < 4.78 is 5.37. The number of carboxylic acid groups (broad SMARTS) is 1. The first-order chi connectivity index (χ1) is 10.1. The summed E-state index contributed by atoms with van der Waals surface area (Å²) in [5.41, 5.74) is 3.32. The molecule has 21 heavy (non-hydrogen) atoms. The molecule has 0 aliphatic rings. The van der Waals surface area contributed by atoms with E-state index in [2.05, 4.69) is 10.2 Å². The molecule has 2 N–H and O–H groups in total. The van der Waals surface area contributed by atoms with Crippen LogP contribution in [0, 0.1) is 6.92 Å². The molecule has 0 atom stereocenters. The normalized spacial score (nSPS) is 10.8. The Kier molecular flexibility index (Phi) is 3.10. The van der Waals surface area contributed by atoms with Gasteiger partial charge in [0.15, 0.2) is 0 Å². The number of carboxylic acids is 1. The zero-order chi connectivity index (χ0) is 15.0. The molecular formula is C16H14N2O3. The molecule has 0 aliphatic carbocycles. The molecule has 5 nitrogen and oxygen atoms in total. The Hall–Kier alpha value is -2.82. The average Bonchev–Trinajstić information content (AvgIpc) is 2.90. The molecule has 1 aromatic heterocycles. The molecule has 0 saturated carbocycles. The fourth-order valence-electron chi connectivity index (χ4n) is 2.45. The number of benzene rings is 2. The molecule has 0 unspecified atom stereocenters. The fraction of sp³-hybridized carbons (Fsp3) is 0.125. The van der Waals surface area contributed by atoms with Crippen molar-refractivity contribution in [3.05, 3.63) is 47.5 Å². The van der Waals surface area contributed by atoms with Crippen molar-refractivity contribution in [2.75, 3.05) is 7.11 Å². The number of aromatic carboxylic acids is 1. The maximum absolute atomic E-state index is 11.4. The second-order valence-electron chi connectivity index (χ2n) is 4.81. The molecule has 0 aliphatic heterocycles. The maximum Gasteiger partial charge on any atom is 0.336 e. The Bertz CT molecular complexity index is 837. The van der Waals surface area contributed by atoms with Crippen LogP contribution >= 0.6 is 0 Å². The second kappa shape index (κ2) is 4.94. The van der Waals surface area contributed by atoms with Gasteiger partial charge in [-0.25, -0.2) is 4.79 Å². The summed E-state index contributed by atoms with van der Waals surface area (Å²) in [7, 11) is 1.58. The first kappa shape index (κ1) is 13.2. The third-order valence-electron chi connectivity index (χ3n) is 3.43. The van der Waals surface area contributed by atoms with Crippen LogP contribution in [0.1, 0.15) is 15.9 Å². The minimum absolute atomic E-state index is 0.222. The highest BCUT2D eigenvalue weighted by molar-refractivity contribution is 6.08. The number of carbonyl (C=O) groups is 1. The Labute approximate surface area is 121 Å². The lowest BCUT2D eigenvalue weighted by Crippen LogP contribution is -1.97. The first-order valence-electron chi connectivity index (χ1n) is 6.47. The second-order valence-corrected chi connectivity index (χ2v) is 4.81. The molecule has 0 bridgehead atoms. The molecule has 2 aromatic carbocycles. The minimum atomic E-state index is -0.977. The van der Waals surface area contributed by atoms with Gasteiger partial charge in [-0.1, -0.05) is 17.7 Å². The van der Waals surface area contributed by atoms with Crippen LogP contribution in [0.3, 0.4) is 0 Å². The summed E-state index contributed by atoms with van der Waals surface area (Å²) in [6.45, 7) is 1.97. The van der Waals surface area contributed by atoms with Crippen LogP contribution in [0.25, 0.3) is 22.2 Å². The Morgan fingerprint density at radius 1 is 1.29 bits per heavy atom. The van der Waals surface area contributed by atoms with Crippen molar-refractivity contribution < 1.29 is 14.6 Å². The largest absolute Gasteiger partial charge is 0.496 e. The third kappa shape index (κ3) is 2.12. The van der Waals surface area contributed by atoms with Gasteiger partial charge in [0.1, 0.15) is 11.4 Å². The van der Waals surface area contributed by atoms with Gasteiger partial charge in [-0.05, 0) is 31.2 Å². The van der Waals surface area contributed by atoms with Crippen molar-refractivity contribution in [2.24, 2.45) is 0 Å². The number of ether oxygens (including phenoxy) is 1. The predicted octanol–water partition coefficient (Wildman–Crippen LogP) is 3.25. The number of hydrogen-bond donors (Lipinski definition) is 2. The highest BCUT2D eigenvalue weighted by Gasteiger charge is 2.18. The van der Waals surface area contributed by atoms with Crippen LogP contribution < -0.4 is 4.74 Å². The van der Waals surface area contributed by atoms with Gasteiger partial charge in [0.05, 0.1) is 18.2 Å². The number of aromatic amines is 1. The Morgan fingerprint density at radius 2 is 2.10 bits per heavy atom. The van der Waals surface area contributed by atoms with Crippen molar-refractivity contribution >= 4 is 16.9 Å². The molecular weight excluding hydrogens is 268 g/mol. The maximum atomic E-state index is 11.4. The topological polar surface area (TPSA) is 75.2 Å². The highest BCUT2D eigenvalue weighted by Crippen LogP contribution is 2.35. The van der Waals surface area contributed by atoms with Gasteiger partial charge in [-0.15, -0.1) is 0 Å². The van der Waals surface area contributed by atoms with Gasteiger partial charge in [-0.2, -0.15) is 5.10 Å². The number of fused-ring (bicyclic) bond motifs is 1. The van der Waals surface area contributed by atoms with Crippen LogP contribution in [0.2, 0.25) is 0 Å². The monoisotopic (exact) mass is 282 g/mol. The summed E-state index contributed by atoms with van der Waals surface area (Å²) >= 11 is 0. The molecule has 0 amide bonds. The van der Waals surface area contributed by atoms with Gasteiger partial charge in [-0.3, -0.25) is 5.10 Å². The summed E-state index contributed by atoms with van der Waals surface area (Å²) in [4.78, 5) is 11.4. The molecule has 3 rings (SSSR count). The molecule has 0 radical (unpaired) electrons. The highest BCUT2D eigenvalue weighted by atomic mass is 16.5. The minimum Gasteiger partial charge on any atom is -0.496 e. The average molecular weight is 282 g/mol. The van der Waals surface area contributed by atoms with E-state index >= 15 is 0 Å². The smallest absolute Gasteiger partial charge is 0.336 e. The number of aromatic nitrogens is 2. The van der Waals surface area contributed by atoms with Gasteiger partial charge in [0.2, 0.25) is 0 Å². The number of methoxy groups -OCH3 is 1. The molecule has 3 aromatic rings. The predicted molar refractivity (Wildman–Crippen MR) is 79.8 cm³/mol. The molecule has 0 saturated heterocycles. The number of H-pyrrole nitrogens is 1. The van der Waals surface area contributed by atoms with Crippen LogP contribution in [-0.4, -0.2) is 28.4 Å². The van der Waals surface area contributed by atoms with Gasteiger partial charge < -0.3 is 9.84 Å². The van der Waals surface area contributed by atoms with Crippen molar-refractivity contribution in [2.45, 2.75) is 6.92 Å². The zero-order valence-corrected chi connectivity index (χ0v) is 11.7. The van der Waals surface area contributed by atoms with E-state index in [1.165, 1.54) is 0 Å². The zero-order valence-electron chi connectivity index (χ0n) is 11.7. The van der Waals surface area contributed by atoms with Gasteiger partial charge in [0.25, 0.3) is 0 Å². The molecule has 0 spiro atoms. The Morgan fingerprint density at radius 3 is 2.81 bits per heavy atom. The van der Waals surface area contributed by atoms with E-state index in [4.69, 9.17) is 4.74 Å². The van der Waals surface area contributed by atoms with Crippen molar-refractivity contribution in [1.82, 2.24) is 10.2 Å². The standard InChI is InChI=1S/C16H14N2O3/c1-9-6-7-13(21-2)11(8-9)15-14-10(16(19)20)4-3-5-12(14)17-18-15/h3-8H,1-2H3,(H,17,18)(H,19,20). The van der Waals surface area contributed by atoms with E-state index in [-0.39, 0.29) is 5.56 Å². The number of nitrogens with zero attached hydrogens (tertiary/aromatic N) is 1. The lowest BCUT2D eigenvalue weighted by atomic mass is 10.0. The number of nitrogens with one attached hydrogen (secondary N) is 1. The Balaban J connectivity index is 2.36. The fourth-order valence-corrected chi connectivity index (χ4v) is 2.45. The van der Waals surface area contributed by atoms with Crippen molar-refractivity contribution in [3.8, 4) is 17.0 Å². The first-order valence-corrected chi connectivity index (χ1v) is 6.47. The quantitative estimate of drug-likeness (QED) is 0.773. The van der Waals surface area contributed by atoms with Crippen molar-refractivity contribution in [1.29, 1.82) is 0 Å². The number of rotatable bonds is 3. The molecule has 106 valence electrons. The van der Waals surface area contributed by atoms with Crippen LogP contribution in [0.4, 0.5) is 0 Å². The third-order valence-corrected chi connectivity index (χ3v) is 3.43. The van der Waals surface area contributed by atoms with Gasteiger partial charge >= 0.3 is 5.97 Å². The summed E-state index contributed by atoms with van der Waals surface area (Å²) in [6, 6.07) is 10.8. The van der Waals surface area contributed by atoms with Crippen LogP contribution in [0.15, 0.2) is 36.4 Å². The molecule has 5 heteroatoms. The summed E-state index contributed by atoms with van der Waals surface area (Å²) in [5, 5.41) is 17.1.